The van der Waals surface area contributed by atoms with Crippen molar-refractivity contribution in [2.75, 3.05) is 6.61 Å². The average Bonchev–Trinajstić information content (AvgIpc) is 2.43. The van der Waals surface area contributed by atoms with Gasteiger partial charge in [-0.1, -0.05) is 77.6 Å². The minimum absolute atomic E-state index is 0.109. The molecule has 3 nitrogen and oxygen atoms in total. The lowest BCUT2D eigenvalue weighted by Gasteiger charge is -2.06. The molecule has 1 unspecified atom stereocenters. The summed E-state index contributed by atoms with van der Waals surface area (Å²) in [5.41, 5.74) is 0. The van der Waals surface area contributed by atoms with Gasteiger partial charge in [-0.2, -0.15) is 0 Å². The second-order valence-electron chi connectivity index (χ2n) is 6.16. The summed E-state index contributed by atoms with van der Waals surface area (Å²) in [5.74, 6) is -0.284. The number of esters is 1. The molecule has 0 spiro atoms. The van der Waals surface area contributed by atoms with E-state index in [1.54, 1.807) is 6.92 Å². The maximum absolute atomic E-state index is 11.2. The second-order valence-corrected chi connectivity index (χ2v) is 6.16. The third-order valence-corrected chi connectivity index (χ3v) is 3.72. The van der Waals surface area contributed by atoms with Crippen LogP contribution >= 0.6 is 0 Å². The Kier molecular flexibility index (Phi) is 15.4. The molecule has 126 valence electrons. The molecule has 0 saturated carbocycles. The van der Waals surface area contributed by atoms with Crippen LogP contribution in [-0.2, 0) is 9.53 Å². The van der Waals surface area contributed by atoms with Gasteiger partial charge in [-0.05, 0) is 13.3 Å². The van der Waals surface area contributed by atoms with Crippen molar-refractivity contribution in [2.24, 2.45) is 0 Å². The van der Waals surface area contributed by atoms with Crippen LogP contribution in [0, 0.1) is 0 Å². The number of rotatable bonds is 15. The highest BCUT2D eigenvalue weighted by atomic mass is 16.5. The maximum Gasteiger partial charge on any atom is 0.308 e. The first-order valence-corrected chi connectivity index (χ1v) is 9.00. The van der Waals surface area contributed by atoms with E-state index in [1.807, 2.05) is 0 Å². The van der Waals surface area contributed by atoms with Crippen LogP contribution in [0.4, 0.5) is 0 Å². The van der Waals surface area contributed by atoms with Gasteiger partial charge in [-0.25, -0.2) is 0 Å². The van der Waals surface area contributed by atoms with E-state index in [2.05, 4.69) is 6.92 Å². The molecule has 0 fully saturated rings. The summed E-state index contributed by atoms with van der Waals surface area (Å²) < 4.78 is 5.05. The standard InChI is InChI=1S/C18H36O3/c1-3-4-5-6-7-8-9-10-11-12-13-14-15-21-18(20)16-17(2)19/h17,19H,3-16H2,1-2H3. The summed E-state index contributed by atoms with van der Waals surface area (Å²) in [6.45, 7) is 4.36. The number of carbonyl (C=O) groups is 1. The highest BCUT2D eigenvalue weighted by molar-refractivity contribution is 5.69. The lowest BCUT2D eigenvalue weighted by atomic mass is 10.1. The van der Waals surface area contributed by atoms with Crippen LogP contribution in [0.2, 0.25) is 0 Å². The molecular weight excluding hydrogens is 264 g/mol. The number of aliphatic hydroxyl groups is 1. The van der Waals surface area contributed by atoms with Crippen LogP contribution < -0.4 is 0 Å². The Labute approximate surface area is 131 Å². The molecule has 0 amide bonds. The number of aliphatic hydroxyl groups excluding tert-OH is 1. The van der Waals surface area contributed by atoms with Gasteiger partial charge < -0.3 is 9.84 Å². The van der Waals surface area contributed by atoms with E-state index in [1.165, 1.54) is 64.2 Å². The van der Waals surface area contributed by atoms with Gasteiger partial charge in [0.1, 0.15) is 0 Å². The summed E-state index contributed by atoms with van der Waals surface area (Å²) in [5, 5.41) is 9.03. The Morgan fingerprint density at radius 3 is 1.71 bits per heavy atom. The molecule has 0 radical (unpaired) electrons. The molecule has 0 aliphatic carbocycles. The van der Waals surface area contributed by atoms with Gasteiger partial charge >= 0.3 is 5.97 Å². The van der Waals surface area contributed by atoms with Crippen molar-refractivity contribution in [2.45, 2.75) is 103 Å². The van der Waals surface area contributed by atoms with Crippen molar-refractivity contribution < 1.29 is 14.6 Å². The van der Waals surface area contributed by atoms with Crippen LogP contribution in [0.15, 0.2) is 0 Å². The number of hydrogen-bond donors (Lipinski definition) is 1. The van der Waals surface area contributed by atoms with Crippen LogP contribution in [0.3, 0.4) is 0 Å². The number of unbranched alkanes of at least 4 members (excludes halogenated alkanes) is 11. The first-order chi connectivity index (χ1) is 10.2. The second kappa shape index (κ2) is 15.8. The first-order valence-electron chi connectivity index (χ1n) is 9.00. The fourth-order valence-corrected chi connectivity index (χ4v) is 2.43. The van der Waals surface area contributed by atoms with Crippen molar-refractivity contribution in [3.8, 4) is 0 Å². The van der Waals surface area contributed by atoms with E-state index in [-0.39, 0.29) is 12.4 Å². The Morgan fingerprint density at radius 1 is 0.857 bits per heavy atom. The molecule has 0 aromatic carbocycles. The summed E-state index contributed by atoms with van der Waals surface area (Å²) in [7, 11) is 0. The molecule has 0 rings (SSSR count). The number of ether oxygens (including phenoxy) is 1. The molecule has 0 bridgehead atoms. The van der Waals surface area contributed by atoms with Crippen molar-refractivity contribution >= 4 is 5.97 Å². The Bertz CT molecular complexity index is 227. The predicted octanol–water partition coefficient (Wildman–Crippen LogP) is 5.00. The van der Waals surface area contributed by atoms with E-state index in [9.17, 15) is 4.79 Å². The minimum Gasteiger partial charge on any atom is -0.466 e. The van der Waals surface area contributed by atoms with E-state index in [0.717, 1.165) is 12.8 Å². The third-order valence-electron chi connectivity index (χ3n) is 3.72. The lowest BCUT2D eigenvalue weighted by molar-refractivity contribution is -0.145. The molecule has 1 N–H and O–H groups in total. The normalized spacial score (nSPS) is 12.3. The van der Waals surface area contributed by atoms with Crippen molar-refractivity contribution in [3.05, 3.63) is 0 Å². The first kappa shape index (κ1) is 20.4. The highest BCUT2D eigenvalue weighted by Crippen LogP contribution is 2.11. The van der Waals surface area contributed by atoms with Crippen LogP contribution in [-0.4, -0.2) is 23.8 Å². The monoisotopic (exact) mass is 300 g/mol. The van der Waals surface area contributed by atoms with E-state index >= 15 is 0 Å². The molecule has 3 heteroatoms. The zero-order valence-electron chi connectivity index (χ0n) is 14.2. The Morgan fingerprint density at radius 2 is 1.29 bits per heavy atom. The molecular formula is C18H36O3. The summed E-state index contributed by atoms with van der Waals surface area (Å²) in [4.78, 5) is 11.2. The number of carbonyl (C=O) groups excluding carboxylic acids is 1. The predicted molar refractivity (Wildman–Crippen MR) is 88.3 cm³/mol. The third kappa shape index (κ3) is 17.4. The SMILES string of the molecule is CCCCCCCCCCCCCCOC(=O)CC(C)O. The molecule has 0 saturated heterocycles. The summed E-state index contributed by atoms with van der Waals surface area (Å²) in [6.07, 6.45) is 15.2. The van der Waals surface area contributed by atoms with Gasteiger partial charge in [-0.15, -0.1) is 0 Å². The van der Waals surface area contributed by atoms with Crippen LogP contribution in [0.1, 0.15) is 97.3 Å². The summed E-state index contributed by atoms with van der Waals surface area (Å²) >= 11 is 0. The van der Waals surface area contributed by atoms with Crippen LogP contribution in [0.25, 0.3) is 0 Å². The van der Waals surface area contributed by atoms with Crippen molar-refractivity contribution in [1.82, 2.24) is 0 Å². The minimum atomic E-state index is -0.598. The van der Waals surface area contributed by atoms with E-state index < -0.39 is 6.10 Å². The fourth-order valence-electron chi connectivity index (χ4n) is 2.43. The number of hydrogen-bond acceptors (Lipinski definition) is 3. The highest BCUT2D eigenvalue weighted by Gasteiger charge is 2.06. The molecule has 0 aliphatic heterocycles. The molecule has 0 heterocycles. The van der Waals surface area contributed by atoms with Gasteiger partial charge in [0.15, 0.2) is 0 Å². The molecule has 0 aromatic heterocycles. The van der Waals surface area contributed by atoms with Gasteiger partial charge in [0.2, 0.25) is 0 Å². The summed E-state index contributed by atoms with van der Waals surface area (Å²) in [6, 6.07) is 0. The van der Waals surface area contributed by atoms with Gasteiger partial charge in [0.25, 0.3) is 0 Å². The van der Waals surface area contributed by atoms with Gasteiger partial charge in [-0.3, -0.25) is 4.79 Å². The smallest absolute Gasteiger partial charge is 0.308 e. The Hall–Kier alpha value is -0.570. The van der Waals surface area contributed by atoms with E-state index in [4.69, 9.17) is 9.84 Å². The molecule has 0 aliphatic rings. The topological polar surface area (TPSA) is 46.5 Å². The molecule has 1 atom stereocenters. The van der Waals surface area contributed by atoms with Crippen LogP contribution in [0.5, 0.6) is 0 Å². The van der Waals surface area contributed by atoms with Crippen molar-refractivity contribution in [3.63, 3.8) is 0 Å². The average molecular weight is 300 g/mol. The lowest BCUT2D eigenvalue weighted by Crippen LogP contribution is -2.13. The maximum atomic E-state index is 11.2. The fraction of sp³-hybridized carbons (Fsp3) is 0.944. The van der Waals surface area contributed by atoms with Gasteiger partial charge in [0.05, 0.1) is 19.1 Å². The van der Waals surface area contributed by atoms with Gasteiger partial charge in [0, 0.05) is 0 Å². The molecule has 0 aromatic rings. The Balaban J connectivity index is 3.07. The molecule has 21 heavy (non-hydrogen) atoms. The largest absolute Gasteiger partial charge is 0.466 e. The van der Waals surface area contributed by atoms with E-state index in [0.29, 0.717) is 6.61 Å². The quantitative estimate of drug-likeness (QED) is 0.342. The zero-order chi connectivity index (χ0) is 15.8. The zero-order valence-corrected chi connectivity index (χ0v) is 14.2. The van der Waals surface area contributed by atoms with Crippen molar-refractivity contribution in [1.29, 1.82) is 0 Å².